The molecule has 4 rings (SSSR count). The number of likely N-dealkylation sites (tertiary alicyclic amines) is 1. The maximum Gasteiger partial charge on any atom is 0.294 e. The molecule has 0 radical (unpaired) electrons. The third-order valence-electron chi connectivity index (χ3n) is 7.27. The van der Waals surface area contributed by atoms with Gasteiger partial charge in [0, 0.05) is 47.6 Å². The first-order valence-corrected chi connectivity index (χ1v) is 13.8. The largest absolute Gasteiger partial charge is 0.504 e. The van der Waals surface area contributed by atoms with Crippen LogP contribution in [-0.2, 0) is 17.9 Å². The van der Waals surface area contributed by atoms with E-state index in [4.69, 9.17) is 16.9 Å². The van der Waals surface area contributed by atoms with Crippen LogP contribution >= 0.6 is 0 Å². The van der Waals surface area contributed by atoms with Crippen molar-refractivity contribution in [1.82, 2.24) is 19.8 Å². The zero-order valence-electron chi connectivity index (χ0n) is 24.3. The fourth-order valence-corrected chi connectivity index (χ4v) is 4.95. The molecule has 2 heterocycles. The van der Waals surface area contributed by atoms with Crippen molar-refractivity contribution in [2.24, 2.45) is 5.73 Å². The zero-order valence-corrected chi connectivity index (χ0v) is 24.3. The number of nitrogens with two attached hydrogens (primary N) is 2. The highest BCUT2D eigenvalue weighted by Crippen LogP contribution is 2.31. The lowest BCUT2D eigenvalue weighted by Gasteiger charge is -2.40. The van der Waals surface area contributed by atoms with Crippen LogP contribution in [0.4, 0.5) is 24.7 Å². The van der Waals surface area contributed by atoms with Crippen LogP contribution in [0.1, 0.15) is 55.1 Å². The summed E-state index contributed by atoms with van der Waals surface area (Å²) in [5, 5.41) is 22.3. The lowest BCUT2D eigenvalue weighted by molar-refractivity contribution is -0.121. The van der Waals surface area contributed by atoms with E-state index in [0.717, 1.165) is 17.4 Å². The first-order valence-electron chi connectivity index (χ1n) is 13.8. The Labute approximate surface area is 250 Å². The Hall–Kier alpha value is -5.08. The molecular formula is C29H33F3N8O4. The van der Waals surface area contributed by atoms with E-state index in [2.05, 4.69) is 15.6 Å². The summed E-state index contributed by atoms with van der Waals surface area (Å²) in [5.74, 6) is -8.80. The van der Waals surface area contributed by atoms with Crippen molar-refractivity contribution >= 4 is 29.2 Å². The van der Waals surface area contributed by atoms with Crippen molar-refractivity contribution in [3.05, 3.63) is 68.9 Å². The number of aromatic hydroxyl groups is 1. The molecule has 1 aromatic heterocycles. The van der Waals surface area contributed by atoms with Gasteiger partial charge in [0.1, 0.15) is 12.4 Å². The SMILES string of the molecule is CCC1CCN1C(=O)c1cc(N)cc(-c2cnc(NC(C)C)c(=O)n2CC(=O)NCc2c(F)c(O)c(C(=N)N)c(F)c2F)c1. The molecule has 3 aromatic rings. The third kappa shape index (κ3) is 6.16. The molecular weight excluding hydrogens is 581 g/mol. The number of amides is 2. The molecule has 0 bridgehead atoms. The number of nitrogen functional groups attached to an aromatic ring is 2. The van der Waals surface area contributed by atoms with Gasteiger partial charge in [0.25, 0.3) is 11.5 Å². The van der Waals surface area contributed by atoms with Gasteiger partial charge in [0.2, 0.25) is 5.91 Å². The predicted molar refractivity (Wildman–Crippen MR) is 158 cm³/mol. The molecule has 44 heavy (non-hydrogen) atoms. The number of phenols is 1. The Balaban J connectivity index is 1.69. The number of anilines is 2. The Morgan fingerprint density at radius 2 is 1.89 bits per heavy atom. The van der Waals surface area contributed by atoms with Gasteiger partial charge in [-0.05, 0) is 44.9 Å². The Bertz CT molecular complexity index is 1680. The fraction of sp³-hybridized carbons (Fsp3) is 0.345. The highest BCUT2D eigenvalue weighted by molar-refractivity contribution is 5.98. The summed E-state index contributed by atoms with van der Waals surface area (Å²) in [7, 11) is 0. The average molecular weight is 615 g/mol. The number of nitrogens with zero attached hydrogens (tertiary/aromatic N) is 3. The van der Waals surface area contributed by atoms with Crippen LogP contribution in [0.15, 0.2) is 29.2 Å². The number of benzene rings is 2. The number of phenolic OH excluding ortho intramolecular Hbond substituents is 1. The van der Waals surface area contributed by atoms with Crippen LogP contribution in [0.2, 0.25) is 0 Å². The maximum atomic E-state index is 14.7. The lowest BCUT2D eigenvalue weighted by Crippen LogP contribution is -2.50. The molecule has 2 amide bonds. The van der Waals surface area contributed by atoms with Crippen LogP contribution in [0, 0.1) is 22.9 Å². The highest BCUT2D eigenvalue weighted by Gasteiger charge is 2.32. The van der Waals surface area contributed by atoms with Crippen LogP contribution < -0.4 is 27.7 Å². The number of rotatable bonds is 10. The van der Waals surface area contributed by atoms with Gasteiger partial charge in [0.05, 0.1) is 17.5 Å². The number of hydrogen-bond donors (Lipinski definition) is 6. The minimum Gasteiger partial charge on any atom is -0.504 e. The molecule has 15 heteroatoms. The minimum atomic E-state index is -1.76. The van der Waals surface area contributed by atoms with Crippen molar-refractivity contribution in [3.8, 4) is 17.0 Å². The Kier molecular flexibility index (Phi) is 9.16. The summed E-state index contributed by atoms with van der Waals surface area (Å²) < 4.78 is 44.7. The van der Waals surface area contributed by atoms with Crippen LogP contribution in [0.25, 0.3) is 11.3 Å². The summed E-state index contributed by atoms with van der Waals surface area (Å²) in [5.41, 5.74) is 9.33. The molecule has 1 saturated heterocycles. The van der Waals surface area contributed by atoms with Crippen LogP contribution in [-0.4, -0.2) is 55.8 Å². The second-order valence-corrected chi connectivity index (χ2v) is 10.7. The fourth-order valence-electron chi connectivity index (χ4n) is 4.95. The van der Waals surface area contributed by atoms with Crippen molar-refractivity contribution in [2.75, 3.05) is 17.6 Å². The summed E-state index contributed by atoms with van der Waals surface area (Å²) in [6.07, 6.45) is 3.01. The van der Waals surface area contributed by atoms with Crippen molar-refractivity contribution < 1.29 is 27.9 Å². The average Bonchev–Trinajstić information content (AvgIpc) is 2.93. The topological polar surface area (TPSA) is 192 Å². The van der Waals surface area contributed by atoms with E-state index in [0.29, 0.717) is 12.1 Å². The second kappa shape index (κ2) is 12.7. The number of aromatic nitrogens is 2. The van der Waals surface area contributed by atoms with Gasteiger partial charge in [-0.1, -0.05) is 6.92 Å². The number of hydrogen-bond acceptors (Lipinski definition) is 8. The Morgan fingerprint density at radius 1 is 1.18 bits per heavy atom. The number of nitrogens with one attached hydrogen (secondary N) is 3. The van der Waals surface area contributed by atoms with Gasteiger partial charge >= 0.3 is 0 Å². The molecule has 0 saturated carbocycles. The first-order chi connectivity index (χ1) is 20.7. The van der Waals surface area contributed by atoms with Gasteiger partial charge in [-0.15, -0.1) is 0 Å². The van der Waals surface area contributed by atoms with Crippen molar-refractivity contribution in [3.63, 3.8) is 0 Å². The molecule has 1 aliphatic heterocycles. The molecule has 0 aliphatic carbocycles. The number of halogens is 3. The summed E-state index contributed by atoms with van der Waals surface area (Å²) in [4.78, 5) is 45.6. The van der Waals surface area contributed by atoms with E-state index in [1.807, 2.05) is 6.92 Å². The minimum absolute atomic E-state index is 0.0768. The summed E-state index contributed by atoms with van der Waals surface area (Å²) in [6.45, 7) is 4.56. The van der Waals surface area contributed by atoms with Gasteiger partial charge < -0.3 is 32.1 Å². The van der Waals surface area contributed by atoms with E-state index >= 15 is 0 Å². The van der Waals surface area contributed by atoms with Gasteiger partial charge in [-0.25, -0.2) is 18.2 Å². The first kappa shape index (κ1) is 31.8. The summed E-state index contributed by atoms with van der Waals surface area (Å²) in [6, 6.07) is 4.48. The van der Waals surface area contributed by atoms with Gasteiger partial charge in [-0.2, -0.15) is 0 Å². The summed E-state index contributed by atoms with van der Waals surface area (Å²) >= 11 is 0. The lowest BCUT2D eigenvalue weighted by atomic mass is 9.97. The molecule has 234 valence electrons. The zero-order chi connectivity index (χ0) is 32.5. The van der Waals surface area contributed by atoms with Crippen molar-refractivity contribution in [2.45, 2.75) is 58.8 Å². The predicted octanol–water partition coefficient (Wildman–Crippen LogP) is 2.66. The maximum absolute atomic E-state index is 14.7. The van der Waals surface area contributed by atoms with Gasteiger partial charge in [-0.3, -0.25) is 24.4 Å². The quantitative estimate of drug-likeness (QED) is 0.0869. The molecule has 2 aromatic carbocycles. The van der Waals surface area contributed by atoms with Crippen molar-refractivity contribution in [1.29, 1.82) is 5.41 Å². The van der Waals surface area contributed by atoms with E-state index in [-0.39, 0.29) is 40.8 Å². The number of carbonyl (C=O) groups excluding carboxylic acids is 2. The highest BCUT2D eigenvalue weighted by atomic mass is 19.2. The second-order valence-electron chi connectivity index (χ2n) is 10.7. The van der Waals surface area contributed by atoms with Crippen LogP contribution in [0.5, 0.6) is 5.75 Å². The molecule has 12 nitrogen and oxygen atoms in total. The molecule has 1 aliphatic rings. The normalized spacial score (nSPS) is 14.3. The third-order valence-corrected chi connectivity index (χ3v) is 7.27. The molecule has 1 atom stereocenters. The smallest absolute Gasteiger partial charge is 0.294 e. The Morgan fingerprint density at radius 3 is 2.48 bits per heavy atom. The van der Waals surface area contributed by atoms with Crippen LogP contribution in [0.3, 0.4) is 0 Å². The number of amidine groups is 1. The molecule has 1 unspecified atom stereocenters. The van der Waals surface area contributed by atoms with E-state index in [1.54, 1.807) is 18.7 Å². The van der Waals surface area contributed by atoms with E-state index < -0.39 is 64.7 Å². The standard InChI is InChI=1S/C29H33F3N8O4/c1-4-17-5-6-39(17)28(43)15-7-14(8-16(33)9-15)19-11-37-27(38-13(2)3)29(44)40(19)12-20(41)36-10-18-22(30)24(32)21(26(34)35)25(42)23(18)31/h7-9,11,13,17,42H,4-6,10,12,33H2,1-3H3,(H3,34,35)(H,36,41)(H,37,38). The van der Waals surface area contributed by atoms with E-state index in [9.17, 15) is 32.7 Å². The van der Waals surface area contributed by atoms with E-state index in [1.165, 1.54) is 24.4 Å². The molecule has 8 N–H and O–H groups in total. The molecule has 1 fully saturated rings. The van der Waals surface area contributed by atoms with Gasteiger partial charge in [0.15, 0.2) is 29.0 Å². The number of carbonyl (C=O) groups is 2. The molecule has 0 spiro atoms. The monoisotopic (exact) mass is 614 g/mol.